The van der Waals surface area contributed by atoms with Crippen LogP contribution in [0.3, 0.4) is 0 Å². The van der Waals surface area contributed by atoms with Gasteiger partial charge in [0.1, 0.15) is 24.4 Å². The minimum Gasteiger partial charge on any atom is -0.461 e. The van der Waals surface area contributed by atoms with Gasteiger partial charge in [-0.15, -0.1) is 0 Å². The van der Waals surface area contributed by atoms with Crippen molar-refractivity contribution in [1.29, 1.82) is 0 Å². The number of carbonyl (C=O) groups is 3. The van der Waals surface area contributed by atoms with Crippen molar-refractivity contribution < 1.29 is 28.6 Å². The monoisotopic (exact) mass is 363 g/mol. The van der Waals surface area contributed by atoms with Crippen molar-refractivity contribution >= 4 is 18.0 Å². The molecule has 1 saturated heterocycles. The number of ether oxygens (including phenoxy) is 3. The van der Waals surface area contributed by atoms with E-state index < -0.39 is 35.8 Å². The molecule has 26 heavy (non-hydrogen) atoms. The Kier molecular flexibility index (Phi) is 6.23. The van der Waals surface area contributed by atoms with Crippen LogP contribution in [0.1, 0.15) is 39.7 Å². The molecule has 1 aromatic rings. The van der Waals surface area contributed by atoms with Gasteiger partial charge in [0.05, 0.1) is 6.54 Å². The Morgan fingerprint density at radius 1 is 1.15 bits per heavy atom. The van der Waals surface area contributed by atoms with Gasteiger partial charge >= 0.3 is 18.0 Å². The zero-order chi connectivity index (χ0) is 19.3. The quantitative estimate of drug-likeness (QED) is 0.604. The number of amides is 1. The van der Waals surface area contributed by atoms with Gasteiger partial charge in [-0.25, -0.2) is 9.59 Å². The SMILES string of the molecule is CC(=O)O[C@@H]1C[C@@H](C(=O)OCc2ccccc2)N(C(=O)OC(C)(C)C)C1. The highest BCUT2D eigenvalue weighted by Gasteiger charge is 2.43. The lowest BCUT2D eigenvalue weighted by atomic mass is 10.2. The van der Waals surface area contributed by atoms with Crippen LogP contribution in [-0.4, -0.2) is 47.2 Å². The Hall–Kier alpha value is -2.57. The maximum Gasteiger partial charge on any atom is 0.411 e. The Bertz CT molecular complexity index is 652. The summed E-state index contributed by atoms with van der Waals surface area (Å²) in [5.41, 5.74) is 0.147. The molecule has 2 rings (SSSR count). The molecule has 0 bridgehead atoms. The predicted molar refractivity (Wildman–Crippen MR) is 93.1 cm³/mol. The molecule has 1 fully saturated rings. The van der Waals surface area contributed by atoms with Crippen LogP contribution < -0.4 is 0 Å². The summed E-state index contributed by atoms with van der Waals surface area (Å²) in [6.07, 6.45) is -1.00. The second-order valence-electron chi connectivity index (χ2n) is 7.21. The molecule has 1 heterocycles. The van der Waals surface area contributed by atoms with Gasteiger partial charge in [0.15, 0.2) is 0 Å². The molecule has 0 radical (unpaired) electrons. The van der Waals surface area contributed by atoms with Crippen molar-refractivity contribution in [2.45, 2.75) is 58.5 Å². The van der Waals surface area contributed by atoms with Gasteiger partial charge in [-0.05, 0) is 26.3 Å². The molecule has 0 saturated carbocycles. The first-order valence-corrected chi connectivity index (χ1v) is 8.53. The third-order valence-electron chi connectivity index (χ3n) is 3.72. The minimum atomic E-state index is -0.849. The molecule has 0 aliphatic carbocycles. The van der Waals surface area contributed by atoms with Crippen molar-refractivity contribution in [3.63, 3.8) is 0 Å². The lowest BCUT2D eigenvalue weighted by molar-refractivity contribution is -0.151. The van der Waals surface area contributed by atoms with Gasteiger partial charge in [0, 0.05) is 13.3 Å². The number of carbonyl (C=O) groups excluding carboxylic acids is 3. The van der Waals surface area contributed by atoms with E-state index in [1.165, 1.54) is 11.8 Å². The van der Waals surface area contributed by atoms with E-state index in [1.807, 2.05) is 30.3 Å². The van der Waals surface area contributed by atoms with E-state index in [0.717, 1.165) is 5.56 Å². The molecule has 2 atom stereocenters. The first kappa shape index (κ1) is 19.8. The largest absolute Gasteiger partial charge is 0.461 e. The average molecular weight is 363 g/mol. The number of hydrogen-bond donors (Lipinski definition) is 0. The van der Waals surface area contributed by atoms with Crippen LogP contribution in [0, 0.1) is 0 Å². The van der Waals surface area contributed by atoms with Crippen molar-refractivity contribution in [1.82, 2.24) is 4.90 Å². The Morgan fingerprint density at radius 2 is 1.81 bits per heavy atom. The molecule has 1 aliphatic heterocycles. The highest BCUT2D eigenvalue weighted by molar-refractivity contribution is 5.82. The van der Waals surface area contributed by atoms with E-state index in [0.29, 0.717) is 0 Å². The van der Waals surface area contributed by atoms with E-state index in [2.05, 4.69) is 0 Å². The van der Waals surface area contributed by atoms with E-state index in [1.54, 1.807) is 20.8 Å². The molecule has 7 heteroatoms. The molecule has 7 nitrogen and oxygen atoms in total. The second-order valence-corrected chi connectivity index (χ2v) is 7.21. The number of hydrogen-bond acceptors (Lipinski definition) is 6. The van der Waals surface area contributed by atoms with Gasteiger partial charge in [0.25, 0.3) is 0 Å². The van der Waals surface area contributed by atoms with Crippen LogP contribution in [0.4, 0.5) is 4.79 Å². The molecule has 0 N–H and O–H groups in total. The summed E-state index contributed by atoms with van der Waals surface area (Å²) >= 11 is 0. The number of esters is 2. The predicted octanol–water partition coefficient (Wildman–Crippen LogP) is 2.67. The zero-order valence-corrected chi connectivity index (χ0v) is 15.6. The summed E-state index contributed by atoms with van der Waals surface area (Å²) < 4.78 is 15.9. The summed E-state index contributed by atoms with van der Waals surface area (Å²) in [6.45, 7) is 6.72. The fraction of sp³-hybridized carbons (Fsp3) is 0.526. The van der Waals surface area contributed by atoms with Crippen molar-refractivity contribution in [2.75, 3.05) is 6.54 Å². The molecule has 0 aromatic heterocycles. The van der Waals surface area contributed by atoms with E-state index in [-0.39, 0.29) is 19.6 Å². The molecule has 1 aromatic carbocycles. The molecule has 1 aliphatic rings. The molecular weight excluding hydrogens is 338 g/mol. The Balaban J connectivity index is 2.06. The number of nitrogens with zero attached hydrogens (tertiary/aromatic N) is 1. The van der Waals surface area contributed by atoms with Crippen molar-refractivity contribution in [2.24, 2.45) is 0 Å². The number of likely N-dealkylation sites (tertiary alicyclic amines) is 1. The highest BCUT2D eigenvalue weighted by Crippen LogP contribution is 2.24. The summed E-state index contributed by atoms with van der Waals surface area (Å²) in [7, 11) is 0. The van der Waals surface area contributed by atoms with Crippen molar-refractivity contribution in [3.8, 4) is 0 Å². The van der Waals surface area contributed by atoms with Gasteiger partial charge in [-0.1, -0.05) is 30.3 Å². The van der Waals surface area contributed by atoms with E-state index in [4.69, 9.17) is 14.2 Å². The number of benzene rings is 1. The topological polar surface area (TPSA) is 82.1 Å². The summed E-state index contributed by atoms with van der Waals surface area (Å²) in [4.78, 5) is 37.4. The van der Waals surface area contributed by atoms with Crippen LogP contribution in [-0.2, 0) is 30.4 Å². The van der Waals surface area contributed by atoms with Crippen molar-refractivity contribution in [3.05, 3.63) is 35.9 Å². The van der Waals surface area contributed by atoms with E-state index in [9.17, 15) is 14.4 Å². The average Bonchev–Trinajstić information content (AvgIpc) is 2.95. The minimum absolute atomic E-state index is 0.0968. The molecule has 0 unspecified atom stereocenters. The molecule has 1 amide bonds. The highest BCUT2D eigenvalue weighted by atomic mass is 16.6. The normalized spacial score (nSPS) is 19.8. The third-order valence-corrected chi connectivity index (χ3v) is 3.72. The van der Waals surface area contributed by atoms with Gasteiger partial charge < -0.3 is 14.2 Å². The van der Waals surface area contributed by atoms with E-state index >= 15 is 0 Å². The van der Waals surface area contributed by atoms with Crippen LogP contribution in [0.2, 0.25) is 0 Å². The first-order valence-electron chi connectivity index (χ1n) is 8.53. The van der Waals surface area contributed by atoms with Crippen LogP contribution in [0.5, 0.6) is 0 Å². The molecule has 142 valence electrons. The summed E-state index contributed by atoms with van der Waals surface area (Å²) in [5, 5.41) is 0. The fourth-order valence-corrected chi connectivity index (χ4v) is 2.69. The zero-order valence-electron chi connectivity index (χ0n) is 15.6. The van der Waals surface area contributed by atoms with Gasteiger partial charge in [-0.3, -0.25) is 9.69 Å². The fourth-order valence-electron chi connectivity index (χ4n) is 2.69. The van der Waals surface area contributed by atoms with Crippen LogP contribution in [0.15, 0.2) is 30.3 Å². The molecule has 0 spiro atoms. The van der Waals surface area contributed by atoms with Gasteiger partial charge in [0.2, 0.25) is 0 Å². The Morgan fingerprint density at radius 3 is 2.38 bits per heavy atom. The smallest absolute Gasteiger partial charge is 0.411 e. The summed E-state index contributed by atoms with van der Waals surface area (Å²) in [5.74, 6) is -1.01. The van der Waals surface area contributed by atoms with Crippen LogP contribution in [0.25, 0.3) is 0 Å². The van der Waals surface area contributed by atoms with Crippen LogP contribution >= 0.6 is 0 Å². The maximum atomic E-state index is 12.5. The second kappa shape index (κ2) is 8.21. The lowest BCUT2D eigenvalue weighted by Gasteiger charge is -2.27. The number of rotatable bonds is 4. The van der Waals surface area contributed by atoms with Gasteiger partial charge in [-0.2, -0.15) is 0 Å². The maximum absolute atomic E-state index is 12.5. The Labute approximate surface area is 153 Å². The third kappa shape index (κ3) is 5.75. The summed E-state index contributed by atoms with van der Waals surface area (Å²) in [6, 6.07) is 8.41. The molecular formula is C19H25NO6. The standard InChI is InChI=1S/C19H25NO6/c1-13(21)25-15-10-16(20(11-15)18(23)26-19(2,3)4)17(22)24-12-14-8-6-5-7-9-14/h5-9,15-16H,10-12H2,1-4H3/t15-,16+/m1/s1. The first-order chi connectivity index (χ1) is 12.2. The lowest BCUT2D eigenvalue weighted by Crippen LogP contribution is -2.44.